The number of piperazine rings is 1. The van der Waals surface area contributed by atoms with Gasteiger partial charge in [-0.25, -0.2) is 9.59 Å². The smallest absolute Gasteiger partial charge is 0.410 e. The first-order valence-electron chi connectivity index (χ1n) is 8.30. The summed E-state index contributed by atoms with van der Waals surface area (Å²) in [6.45, 7) is 10.5. The van der Waals surface area contributed by atoms with E-state index in [9.17, 15) is 9.59 Å². The van der Waals surface area contributed by atoms with Crippen LogP contribution in [-0.4, -0.2) is 55.3 Å². The topological polar surface area (TPSA) is 59.1 Å². The number of esters is 1. The fourth-order valence-electron chi connectivity index (χ4n) is 2.50. The molecule has 0 spiro atoms. The Morgan fingerprint density at radius 1 is 1.04 bits per heavy atom. The third kappa shape index (κ3) is 4.88. The van der Waals surface area contributed by atoms with E-state index in [1.165, 1.54) is 0 Å². The van der Waals surface area contributed by atoms with Crippen molar-refractivity contribution < 1.29 is 19.1 Å². The van der Waals surface area contributed by atoms with Gasteiger partial charge in [-0.15, -0.1) is 0 Å². The molecule has 1 aliphatic heterocycles. The molecule has 1 amide bonds. The average molecular weight is 334 g/mol. The number of ether oxygens (including phenoxy) is 2. The maximum Gasteiger partial charge on any atom is 0.410 e. The largest absolute Gasteiger partial charge is 0.462 e. The van der Waals surface area contributed by atoms with Crippen molar-refractivity contribution in [1.29, 1.82) is 0 Å². The Labute approximate surface area is 143 Å². The third-order valence-corrected chi connectivity index (χ3v) is 3.67. The van der Waals surface area contributed by atoms with E-state index >= 15 is 0 Å². The lowest BCUT2D eigenvalue weighted by molar-refractivity contribution is 0.0240. The third-order valence-electron chi connectivity index (χ3n) is 3.67. The Bertz CT molecular complexity index is 570. The van der Waals surface area contributed by atoms with Crippen LogP contribution in [0, 0.1) is 0 Å². The van der Waals surface area contributed by atoms with Gasteiger partial charge in [0.2, 0.25) is 0 Å². The standard InChI is InChI=1S/C18H26N2O4/c1-5-23-16(21)14-6-8-15(9-7-14)19-10-12-20(13-11-19)17(22)24-18(2,3)4/h6-9H,5,10-13H2,1-4H3. The van der Waals surface area contributed by atoms with Gasteiger partial charge in [0.15, 0.2) is 0 Å². The molecule has 0 saturated carbocycles. The first-order valence-corrected chi connectivity index (χ1v) is 8.30. The van der Waals surface area contributed by atoms with Crippen LogP contribution in [0.4, 0.5) is 10.5 Å². The van der Waals surface area contributed by atoms with Gasteiger partial charge in [-0.05, 0) is 52.0 Å². The second-order valence-electron chi connectivity index (χ2n) is 6.72. The number of rotatable bonds is 3. The number of carbonyl (C=O) groups excluding carboxylic acids is 2. The van der Waals surface area contributed by atoms with Crippen LogP contribution in [0.15, 0.2) is 24.3 Å². The van der Waals surface area contributed by atoms with Crippen molar-refractivity contribution in [2.75, 3.05) is 37.7 Å². The summed E-state index contributed by atoms with van der Waals surface area (Å²) in [6.07, 6.45) is -0.264. The Hall–Kier alpha value is -2.24. The van der Waals surface area contributed by atoms with Crippen LogP contribution in [0.3, 0.4) is 0 Å². The van der Waals surface area contributed by atoms with E-state index in [0.717, 1.165) is 18.8 Å². The lowest BCUT2D eigenvalue weighted by atomic mass is 10.2. The van der Waals surface area contributed by atoms with E-state index in [4.69, 9.17) is 9.47 Å². The lowest BCUT2D eigenvalue weighted by Crippen LogP contribution is -2.50. The Balaban J connectivity index is 1.90. The molecule has 0 aliphatic carbocycles. The van der Waals surface area contributed by atoms with Gasteiger partial charge in [0.1, 0.15) is 5.60 Å². The molecule has 132 valence electrons. The number of anilines is 1. The summed E-state index contributed by atoms with van der Waals surface area (Å²) < 4.78 is 10.4. The zero-order valence-electron chi connectivity index (χ0n) is 14.9. The van der Waals surface area contributed by atoms with E-state index in [1.54, 1.807) is 24.0 Å². The Morgan fingerprint density at radius 3 is 2.12 bits per heavy atom. The minimum atomic E-state index is -0.475. The van der Waals surface area contributed by atoms with Gasteiger partial charge in [0.05, 0.1) is 12.2 Å². The van der Waals surface area contributed by atoms with Gasteiger partial charge in [-0.3, -0.25) is 0 Å². The zero-order valence-corrected chi connectivity index (χ0v) is 14.9. The summed E-state index contributed by atoms with van der Waals surface area (Å²) in [5, 5.41) is 0. The quantitative estimate of drug-likeness (QED) is 0.796. The maximum absolute atomic E-state index is 12.1. The van der Waals surface area contributed by atoms with Gasteiger partial charge < -0.3 is 19.3 Å². The number of benzene rings is 1. The number of nitrogens with zero attached hydrogens (tertiary/aromatic N) is 2. The summed E-state index contributed by atoms with van der Waals surface area (Å²) in [6, 6.07) is 7.37. The minimum absolute atomic E-state index is 0.264. The molecular weight excluding hydrogens is 308 g/mol. The molecule has 0 aromatic heterocycles. The van der Waals surface area contributed by atoms with Gasteiger partial charge >= 0.3 is 12.1 Å². The maximum atomic E-state index is 12.1. The van der Waals surface area contributed by atoms with E-state index < -0.39 is 5.60 Å². The molecule has 1 saturated heterocycles. The molecule has 24 heavy (non-hydrogen) atoms. The SMILES string of the molecule is CCOC(=O)c1ccc(N2CCN(C(=O)OC(C)(C)C)CC2)cc1. The molecule has 6 heteroatoms. The van der Waals surface area contributed by atoms with E-state index in [0.29, 0.717) is 25.3 Å². The van der Waals surface area contributed by atoms with Crippen molar-refractivity contribution in [1.82, 2.24) is 4.90 Å². The normalized spacial score (nSPS) is 15.2. The highest BCUT2D eigenvalue weighted by Crippen LogP contribution is 2.19. The van der Waals surface area contributed by atoms with E-state index in [2.05, 4.69) is 4.90 Å². The molecule has 0 N–H and O–H groups in total. The van der Waals surface area contributed by atoms with Crippen LogP contribution in [-0.2, 0) is 9.47 Å². The number of carbonyl (C=O) groups is 2. The summed E-state index contributed by atoms with van der Waals surface area (Å²) in [4.78, 5) is 27.7. The van der Waals surface area contributed by atoms with E-state index in [-0.39, 0.29) is 12.1 Å². The van der Waals surface area contributed by atoms with Crippen molar-refractivity contribution in [3.8, 4) is 0 Å². The predicted octanol–water partition coefficient (Wildman–Crippen LogP) is 2.92. The number of amides is 1. The average Bonchev–Trinajstić information content (AvgIpc) is 2.54. The van der Waals surface area contributed by atoms with Crippen molar-refractivity contribution in [2.24, 2.45) is 0 Å². The van der Waals surface area contributed by atoms with Gasteiger partial charge in [-0.1, -0.05) is 0 Å². The molecule has 1 heterocycles. The second kappa shape index (κ2) is 7.55. The minimum Gasteiger partial charge on any atom is -0.462 e. The van der Waals surface area contributed by atoms with Crippen LogP contribution in [0.5, 0.6) is 0 Å². The molecular formula is C18H26N2O4. The van der Waals surface area contributed by atoms with E-state index in [1.807, 2.05) is 32.9 Å². The zero-order chi connectivity index (χ0) is 17.7. The fourth-order valence-corrected chi connectivity index (χ4v) is 2.50. The van der Waals surface area contributed by atoms with Gasteiger partial charge in [0, 0.05) is 31.9 Å². The second-order valence-corrected chi connectivity index (χ2v) is 6.72. The predicted molar refractivity (Wildman–Crippen MR) is 92.4 cm³/mol. The van der Waals surface area contributed by atoms with Crippen LogP contribution in [0.25, 0.3) is 0 Å². The molecule has 0 bridgehead atoms. The molecule has 0 radical (unpaired) electrons. The van der Waals surface area contributed by atoms with Crippen LogP contribution >= 0.6 is 0 Å². The monoisotopic (exact) mass is 334 g/mol. The molecule has 1 aromatic rings. The molecule has 6 nitrogen and oxygen atoms in total. The molecule has 0 unspecified atom stereocenters. The lowest BCUT2D eigenvalue weighted by Gasteiger charge is -2.36. The molecule has 2 rings (SSSR count). The van der Waals surface area contributed by atoms with Crippen molar-refractivity contribution in [3.63, 3.8) is 0 Å². The molecule has 0 atom stereocenters. The summed E-state index contributed by atoms with van der Waals surface area (Å²) in [7, 11) is 0. The van der Waals surface area contributed by atoms with Crippen LogP contribution in [0.2, 0.25) is 0 Å². The molecule has 1 aliphatic rings. The Kier molecular flexibility index (Phi) is 5.70. The molecule has 1 fully saturated rings. The highest BCUT2D eigenvalue weighted by atomic mass is 16.6. The highest BCUT2D eigenvalue weighted by Gasteiger charge is 2.25. The number of hydrogen-bond donors (Lipinski definition) is 0. The van der Waals surface area contributed by atoms with Crippen molar-refractivity contribution in [2.45, 2.75) is 33.3 Å². The first kappa shape index (κ1) is 18.1. The highest BCUT2D eigenvalue weighted by molar-refractivity contribution is 5.89. The van der Waals surface area contributed by atoms with Crippen LogP contribution < -0.4 is 4.90 Å². The van der Waals surface area contributed by atoms with Gasteiger partial charge in [0.25, 0.3) is 0 Å². The van der Waals surface area contributed by atoms with Crippen molar-refractivity contribution in [3.05, 3.63) is 29.8 Å². The fraction of sp³-hybridized carbons (Fsp3) is 0.556. The summed E-state index contributed by atoms with van der Waals surface area (Å²) >= 11 is 0. The summed E-state index contributed by atoms with van der Waals surface area (Å²) in [5.74, 6) is -0.307. The van der Waals surface area contributed by atoms with Gasteiger partial charge in [-0.2, -0.15) is 0 Å². The van der Waals surface area contributed by atoms with Crippen molar-refractivity contribution >= 4 is 17.7 Å². The van der Waals surface area contributed by atoms with Crippen LogP contribution in [0.1, 0.15) is 38.1 Å². The molecule has 1 aromatic carbocycles. The first-order chi connectivity index (χ1) is 11.3. The number of hydrogen-bond acceptors (Lipinski definition) is 5. The Morgan fingerprint density at radius 2 is 1.62 bits per heavy atom. The summed E-state index contributed by atoms with van der Waals surface area (Å²) in [5.41, 5.74) is 1.11.